The molecule has 3 rings (SSSR count). The zero-order valence-corrected chi connectivity index (χ0v) is 18.2. The number of benzene rings is 2. The first kappa shape index (κ1) is 19.5. The lowest BCUT2D eigenvalue weighted by molar-refractivity contribution is -0.809. The molecule has 1 N–H and O–H groups in total. The van der Waals surface area contributed by atoms with E-state index < -0.39 is 0 Å². The summed E-state index contributed by atoms with van der Waals surface area (Å²) in [6.45, 7) is 14.8. The van der Waals surface area contributed by atoms with E-state index in [2.05, 4.69) is 101 Å². The Balaban J connectivity index is 2.35. The fourth-order valence-electron chi connectivity index (χ4n) is 3.94. The zero-order valence-electron chi connectivity index (χ0n) is 17.0. The van der Waals surface area contributed by atoms with Crippen LogP contribution in [-0.2, 0) is 0 Å². The number of hydrogen-bond acceptors (Lipinski definition) is 0. The lowest BCUT2D eigenvalue weighted by Crippen LogP contribution is -2.46. The molecule has 3 aromatic rings. The van der Waals surface area contributed by atoms with E-state index in [1.165, 1.54) is 45.0 Å². The Bertz CT molecular complexity index is 961. The van der Waals surface area contributed by atoms with Gasteiger partial charge in [-0.05, 0) is 43.5 Å². The highest BCUT2D eigenvalue weighted by Crippen LogP contribution is 2.28. The monoisotopic (exact) mass is 379 g/mol. The third kappa shape index (κ3) is 3.49. The van der Waals surface area contributed by atoms with Gasteiger partial charge in [-0.3, -0.25) is 0 Å². The molecule has 0 amide bonds. The van der Waals surface area contributed by atoms with Crippen LogP contribution in [0, 0.1) is 34.6 Å². The average molecular weight is 379 g/mol. The van der Waals surface area contributed by atoms with E-state index in [0.717, 1.165) is 6.42 Å². The van der Waals surface area contributed by atoms with Crippen LogP contribution in [0.4, 0.5) is 0 Å². The van der Waals surface area contributed by atoms with E-state index >= 15 is 0 Å². The van der Waals surface area contributed by atoms with Gasteiger partial charge in [0.15, 0.2) is 0 Å². The molecule has 0 aliphatic rings. The van der Waals surface area contributed by atoms with Crippen molar-refractivity contribution in [1.29, 1.82) is 0 Å². The Labute approximate surface area is 164 Å². The zero-order chi connectivity index (χ0) is 19.7. The SMILES string of the molecule is C=CC[C@@H](P)c1c(C)[n+](-c2c(C)cccc2C)[nH][n+]1-c1c(C)cccc1C. The number of rotatable bonds is 5. The second-order valence-electron chi connectivity index (χ2n) is 7.35. The average Bonchev–Trinajstić information content (AvgIpc) is 2.92. The topological polar surface area (TPSA) is 23.5 Å². The van der Waals surface area contributed by atoms with Crippen LogP contribution in [0.15, 0.2) is 49.1 Å². The van der Waals surface area contributed by atoms with E-state index in [0.29, 0.717) is 0 Å². The van der Waals surface area contributed by atoms with Crippen molar-refractivity contribution in [2.45, 2.75) is 46.7 Å². The predicted octanol–water partition coefficient (Wildman–Crippen LogP) is 4.60. The molecule has 2 atom stereocenters. The van der Waals surface area contributed by atoms with Crippen molar-refractivity contribution in [1.82, 2.24) is 5.21 Å². The first-order valence-electron chi connectivity index (χ1n) is 9.43. The van der Waals surface area contributed by atoms with Gasteiger partial charge in [-0.25, -0.2) is 0 Å². The summed E-state index contributed by atoms with van der Waals surface area (Å²) in [5.74, 6) is 0. The van der Waals surface area contributed by atoms with Crippen LogP contribution in [0.2, 0.25) is 0 Å². The van der Waals surface area contributed by atoms with Crippen molar-refractivity contribution in [3.8, 4) is 11.4 Å². The van der Waals surface area contributed by atoms with Crippen LogP contribution in [0.5, 0.6) is 0 Å². The molecular formula is C23H30N3P+2. The van der Waals surface area contributed by atoms with Gasteiger partial charge in [0.2, 0.25) is 11.4 Å². The first-order chi connectivity index (χ1) is 12.9. The van der Waals surface area contributed by atoms with Crippen LogP contribution in [0.25, 0.3) is 11.4 Å². The van der Waals surface area contributed by atoms with Crippen molar-refractivity contribution in [3.05, 3.63) is 82.7 Å². The molecule has 3 nitrogen and oxygen atoms in total. The minimum atomic E-state index is 0.281. The highest BCUT2D eigenvalue weighted by molar-refractivity contribution is 7.17. The standard InChI is InChI=1S/C23H29N3P/c1-7-10-20(27)23-19(6)25(21-15(2)11-8-12-16(21)3)24-26(23)22-17(4)13-9-14-18(22)5/h7-9,11-14,20H,1,10,27H2,2-6H3/q+1/p+1/t20-/m1/s1. The van der Waals surface area contributed by atoms with Crippen molar-refractivity contribution in [3.63, 3.8) is 0 Å². The summed E-state index contributed by atoms with van der Waals surface area (Å²) in [7, 11) is 2.99. The Kier molecular flexibility index (Phi) is 5.62. The van der Waals surface area contributed by atoms with Gasteiger partial charge in [-0.15, -0.1) is 15.8 Å². The summed E-state index contributed by atoms with van der Waals surface area (Å²) < 4.78 is 4.49. The molecule has 1 heterocycles. The van der Waals surface area contributed by atoms with Gasteiger partial charge >= 0.3 is 0 Å². The van der Waals surface area contributed by atoms with Crippen molar-refractivity contribution in [2.75, 3.05) is 0 Å². The number of nitrogens with one attached hydrogen (secondary N) is 1. The number of allylic oxidation sites excluding steroid dienone is 1. The van der Waals surface area contributed by atoms with E-state index in [4.69, 9.17) is 0 Å². The number of hydrogen-bond donors (Lipinski definition) is 1. The molecule has 0 saturated carbocycles. The van der Waals surface area contributed by atoms with E-state index in [9.17, 15) is 0 Å². The summed E-state index contributed by atoms with van der Waals surface area (Å²) in [6, 6.07) is 12.9. The number of aromatic nitrogens is 3. The fraction of sp³-hybridized carbons (Fsp3) is 0.304. The maximum absolute atomic E-state index is 3.95. The van der Waals surface area contributed by atoms with Crippen molar-refractivity contribution in [2.24, 2.45) is 0 Å². The number of para-hydroxylation sites is 2. The number of aryl methyl sites for hydroxylation is 4. The second-order valence-corrected chi connectivity index (χ2v) is 8.16. The van der Waals surface area contributed by atoms with Crippen LogP contribution in [0.3, 0.4) is 0 Å². The molecule has 2 aromatic carbocycles. The number of aromatic amines is 1. The molecule has 0 spiro atoms. The van der Waals surface area contributed by atoms with Gasteiger partial charge in [0.05, 0.1) is 5.66 Å². The van der Waals surface area contributed by atoms with E-state index in [1.54, 1.807) is 0 Å². The molecule has 0 saturated heterocycles. The normalized spacial score (nSPS) is 12.2. The molecule has 0 fully saturated rings. The molecule has 0 aliphatic carbocycles. The minimum Gasteiger partial charge on any atom is -0.122 e. The summed E-state index contributed by atoms with van der Waals surface area (Å²) in [5.41, 5.74) is 10.2. The van der Waals surface area contributed by atoms with Gasteiger partial charge in [-0.2, -0.15) is 0 Å². The van der Waals surface area contributed by atoms with Crippen LogP contribution in [-0.4, -0.2) is 5.21 Å². The Morgan fingerprint density at radius 3 is 1.78 bits per heavy atom. The lowest BCUT2D eigenvalue weighted by atomic mass is 10.1. The van der Waals surface area contributed by atoms with E-state index in [1.807, 2.05) is 6.08 Å². The summed E-state index contributed by atoms with van der Waals surface area (Å²) in [4.78, 5) is 0. The molecule has 1 unspecified atom stereocenters. The molecule has 0 radical (unpaired) electrons. The van der Waals surface area contributed by atoms with Crippen LogP contribution < -0.4 is 9.36 Å². The molecule has 140 valence electrons. The fourth-order valence-corrected chi connectivity index (χ4v) is 4.52. The largest absolute Gasteiger partial charge is 0.294 e. The van der Waals surface area contributed by atoms with Gasteiger partial charge in [0, 0.05) is 34.4 Å². The molecular weight excluding hydrogens is 349 g/mol. The number of H-pyrrole nitrogens is 1. The molecule has 0 aliphatic heterocycles. The molecule has 27 heavy (non-hydrogen) atoms. The van der Waals surface area contributed by atoms with Gasteiger partial charge in [0.25, 0.3) is 11.4 Å². The van der Waals surface area contributed by atoms with Crippen molar-refractivity contribution < 1.29 is 9.36 Å². The third-order valence-electron chi connectivity index (χ3n) is 5.25. The maximum Gasteiger partial charge on any atom is 0.294 e. The highest BCUT2D eigenvalue weighted by Gasteiger charge is 2.37. The second kappa shape index (κ2) is 7.78. The first-order valence-corrected chi connectivity index (χ1v) is 10.1. The Morgan fingerprint density at radius 2 is 1.33 bits per heavy atom. The number of nitrogens with zero attached hydrogens (tertiary/aromatic N) is 2. The van der Waals surface area contributed by atoms with Gasteiger partial charge in [0.1, 0.15) is 0 Å². The predicted molar refractivity (Wildman–Crippen MR) is 115 cm³/mol. The minimum absolute atomic E-state index is 0.281. The summed E-state index contributed by atoms with van der Waals surface area (Å²) in [6.07, 6.45) is 2.89. The summed E-state index contributed by atoms with van der Waals surface area (Å²) >= 11 is 0. The maximum atomic E-state index is 3.95. The van der Waals surface area contributed by atoms with Crippen LogP contribution in [0.1, 0.15) is 45.7 Å². The third-order valence-corrected chi connectivity index (χ3v) is 5.83. The lowest BCUT2D eigenvalue weighted by Gasteiger charge is -2.05. The Hall–Kier alpha value is -2.25. The summed E-state index contributed by atoms with van der Waals surface area (Å²) in [5, 5.41) is 3.67. The Morgan fingerprint density at radius 1 is 0.889 bits per heavy atom. The van der Waals surface area contributed by atoms with Gasteiger partial charge in [-0.1, -0.05) is 42.5 Å². The quantitative estimate of drug-likeness (QED) is 0.380. The van der Waals surface area contributed by atoms with Crippen molar-refractivity contribution >= 4 is 9.24 Å². The highest BCUT2D eigenvalue weighted by atomic mass is 31.0. The van der Waals surface area contributed by atoms with E-state index in [-0.39, 0.29) is 5.66 Å². The van der Waals surface area contributed by atoms with Gasteiger partial charge < -0.3 is 0 Å². The molecule has 1 aromatic heterocycles. The van der Waals surface area contributed by atoms with Crippen LogP contribution >= 0.6 is 9.24 Å². The molecule has 4 heteroatoms. The smallest absolute Gasteiger partial charge is 0.122 e. The molecule has 0 bridgehead atoms.